The Morgan fingerprint density at radius 1 is 0.581 bits per heavy atom. The molecule has 43 heavy (non-hydrogen) atoms. The van der Waals surface area contributed by atoms with E-state index in [4.69, 9.17) is 16.7 Å². The average molecular weight is 629 g/mol. The van der Waals surface area contributed by atoms with E-state index in [1.54, 1.807) is 36.4 Å². The molecule has 0 amide bonds. The molecular weight excluding hydrogens is 600 g/mol. The van der Waals surface area contributed by atoms with Crippen molar-refractivity contribution in [1.29, 1.82) is 0 Å². The summed E-state index contributed by atoms with van der Waals surface area (Å²) in [6.07, 6.45) is 0. The Morgan fingerprint density at radius 2 is 0.953 bits per heavy atom. The number of nitrogens with zero attached hydrogens (tertiary/aromatic N) is 2. The summed E-state index contributed by atoms with van der Waals surface area (Å²) in [5, 5.41) is 22.0. The zero-order chi connectivity index (χ0) is 31.4. The van der Waals surface area contributed by atoms with E-state index in [0.717, 1.165) is 28.8 Å². The Hall–Kier alpha value is -4.50. The summed E-state index contributed by atoms with van der Waals surface area (Å²) in [5.74, 6) is 0.809. The third kappa shape index (κ3) is 11.0. The molecule has 4 aromatic rings. The predicted octanol–water partition coefficient (Wildman–Crippen LogP) is 6.46. The number of nitro groups is 2. The topological polar surface area (TPSA) is 157 Å². The van der Waals surface area contributed by atoms with Gasteiger partial charge in [-0.25, -0.2) is 0 Å². The highest BCUT2D eigenvalue weighted by molar-refractivity contribution is 7.75. The van der Waals surface area contributed by atoms with E-state index in [1.165, 1.54) is 11.6 Å². The number of rotatable bonds is 12. The van der Waals surface area contributed by atoms with Gasteiger partial charge in [0.2, 0.25) is 0 Å². The molecule has 2 unspecified atom stereocenters. The molecule has 226 valence electrons. The molecule has 4 rings (SSSR count). The summed E-state index contributed by atoms with van der Waals surface area (Å²) < 4.78 is 43.6. The van der Waals surface area contributed by atoms with Gasteiger partial charge in [0.1, 0.15) is 23.7 Å². The average Bonchev–Trinajstić information content (AvgIpc) is 2.98. The normalized spacial score (nSPS) is 11.9. The molecule has 0 spiro atoms. The van der Waals surface area contributed by atoms with Crippen molar-refractivity contribution in [3.05, 3.63) is 139 Å². The van der Waals surface area contributed by atoms with Crippen LogP contribution in [-0.2, 0) is 44.3 Å². The lowest BCUT2D eigenvalue weighted by molar-refractivity contribution is -0.396. The first-order valence-electron chi connectivity index (χ1n) is 12.6. The first-order valence-corrected chi connectivity index (χ1v) is 14.6. The predicted molar refractivity (Wildman–Crippen MR) is 160 cm³/mol. The third-order valence-electron chi connectivity index (χ3n) is 5.63. The minimum atomic E-state index is -2.27. The Labute approximate surface area is 253 Å². The maximum atomic E-state index is 11.8. The van der Waals surface area contributed by atoms with Gasteiger partial charge in [0.15, 0.2) is 0 Å². The van der Waals surface area contributed by atoms with Crippen molar-refractivity contribution in [2.24, 2.45) is 0 Å². The van der Waals surface area contributed by atoms with Crippen LogP contribution < -0.4 is 8.37 Å². The van der Waals surface area contributed by atoms with Gasteiger partial charge in [-0.15, -0.1) is 0 Å². The van der Waals surface area contributed by atoms with Gasteiger partial charge in [0.25, 0.3) is 11.4 Å². The van der Waals surface area contributed by atoms with Crippen LogP contribution in [0.15, 0.2) is 91.0 Å². The van der Waals surface area contributed by atoms with Crippen LogP contribution >= 0.6 is 0 Å². The van der Waals surface area contributed by atoms with E-state index in [1.807, 2.05) is 57.2 Å². The summed E-state index contributed by atoms with van der Waals surface area (Å²) in [6, 6.07) is 25.2. The molecule has 0 radical (unpaired) electrons. The van der Waals surface area contributed by atoms with Gasteiger partial charge in [-0.1, -0.05) is 65.2 Å². The van der Waals surface area contributed by atoms with Gasteiger partial charge in [-0.3, -0.25) is 28.6 Å². The standard InChI is InChI=1S/C15H16O3S.C14H12N2O7S/c1-12-3-7-14(8-4-12)11-17-19(16)18-15-9-5-13(2)6-10-15;1-10-5-7-11(8-6-10)23-24(21)22-9-12-13(15(17)18)3-2-4-14(12)16(19)20/h3-10H,11H2,1-2H3;2-8H,9H2,1H3. The van der Waals surface area contributed by atoms with Gasteiger partial charge in [-0.2, -0.15) is 8.42 Å². The number of benzene rings is 4. The number of aryl methyl sites for hydroxylation is 3. The van der Waals surface area contributed by atoms with Crippen LogP contribution in [0.1, 0.15) is 27.8 Å². The van der Waals surface area contributed by atoms with E-state index in [-0.39, 0.29) is 17.9 Å². The van der Waals surface area contributed by atoms with E-state index < -0.39 is 50.6 Å². The van der Waals surface area contributed by atoms with E-state index in [9.17, 15) is 28.6 Å². The second-order valence-corrected chi connectivity index (χ2v) is 10.6. The summed E-state index contributed by atoms with van der Waals surface area (Å²) in [7, 11) is 0. The van der Waals surface area contributed by atoms with E-state index >= 15 is 0 Å². The Kier molecular flexibility index (Phi) is 12.5. The van der Waals surface area contributed by atoms with Crippen LogP contribution in [0, 0.1) is 41.0 Å². The van der Waals surface area contributed by atoms with Gasteiger partial charge >= 0.3 is 22.7 Å². The fourth-order valence-corrected chi connectivity index (χ4v) is 4.43. The quantitative estimate of drug-likeness (QED) is 0.126. The molecule has 0 saturated heterocycles. The smallest absolute Gasteiger partial charge is 0.360 e. The molecule has 0 heterocycles. The highest BCUT2D eigenvalue weighted by Gasteiger charge is 2.25. The molecule has 0 bridgehead atoms. The molecule has 0 aliphatic carbocycles. The molecule has 0 N–H and O–H groups in total. The van der Waals surface area contributed by atoms with Crippen molar-refractivity contribution < 1.29 is 35.0 Å². The van der Waals surface area contributed by atoms with Gasteiger partial charge in [-0.05, 0) is 56.7 Å². The number of hydrogen-bond acceptors (Lipinski definition) is 10. The minimum Gasteiger partial charge on any atom is -0.380 e. The van der Waals surface area contributed by atoms with Crippen molar-refractivity contribution >= 4 is 34.1 Å². The zero-order valence-electron chi connectivity index (χ0n) is 23.4. The van der Waals surface area contributed by atoms with Gasteiger partial charge in [0, 0.05) is 12.1 Å². The van der Waals surface area contributed by atoms with Crippen LogP contribution in [0.25, 0.3) is 0 Å². The first-order chi connectivity index (χ1) is 20.5. The molecule has 0 aromatic heterocycles. The van der Waals surface area contributed by atoms with Crippen LogP contribution in [0.4, 0.5) is 11.4 Å². The van der Waals surface area contributed by atoms with Crippen LogP contribution in [0.3, 0.4) is 0 Å². The van der Waals surface area contributed by atoms with Gasteiger partial charge in [0.05, 0.1) is 16.5 Å². The van der Waals surface area contributed by atoms with Crippen molar-refractivity contribution in [1.82, 2.24) is 0 Å². The largest absolute Gasteiger partial charge is 0.380 e. The summed E-state index contributed by atoms with van der Waals surface area (Å²) in [5.41, 5.74) is 2.98. The van der Waals surface area contributed by atoms with E-state index in [0.29, 0.717) is 5.75 Å². The lowest BCUT2D eigenvalue weighted by atomic mass is 10.1. The molecule has 0 aliphatic rings. The van der Waals surface area contributed by atoms with Crippen LogP contribution in [0.5, 0.6) is 11.5 Å². The number of nitro benzene ring substituents is 2. The Morgan fingerprint density at radius 3 is 1.35 bits per heavy atom. The Balaban J connectivity index is 0.000000242. The van der Waals surface area contributed by atoms with Crippen molar-refractivity contribution in [3.8, 4) is 11.5 Å². The zero-order valence-corrected chi connectivity index (χ0v) is 25.0. The van der Waals surface area contributed by atoms with E-state index in [2.05, 4.69) is 0 Å². The Bertz CT molecular complexity index is 1550. The van der Waals surface area contributed by atoms with Crippen molar-refractivity contribution in [2.75, 3.05) is 0 Å². The summed E-state index contributed by atoms with van der Waals surface area (Å²) >= 11 is -4.05. The molecule has 4 aromatic carbocycles. The summed E-state index contributed by atoms with van der Waals surface area (Å²) in [6.45, 7) is 5.52. The maximum absolute atomic E-state index is 11.8. The number of hydrogen-bond donors (Lipinski definition) is 0. The highest BCUT2D eigenvalue weighted by atomic mass is 32.2. The highest BCUT2D eigenvalue weighted by Crippen LogP contribution is 2.29. The van der Waals surface area contributed by atoms with Crippen molar-refractivity contribution in [2.45, 2.75) is 34.0 Å². The molecular formula is C29H28N2O10S2. The first kappa shape index (κ1) is 33.0. The van der Waals surface area contributed by atoms with Crippen molar-refractivity contribution in [3.63, 3.8) is 0 Å². The fraction of sp³-hybridized carbons (Fsp3) is 0.172. The molecule has 12 nitrogen and oxygen atoms in total. The molecule has 2 atom stereocenters. The molecule has 0 saturated carbocycles. The summed E-state index contributed by atoms with van der Waals surface area (Å²) in [4.78, 5) is 20.4. The van der Waals surface area contributed by atoms with Gasteiger partial charge < -0.3 is 8.37 Å². The maximum Gasteiger partial charge on any atom is 0.360 e. The fourth-order valence-electron chi connectivity index (χ4n) is 3.35. The molecule has 14 heteroatoms. The molecule has 0 fully saturated rings. The lowest BCUT2D eigenvalue weighted by Gasteiger charge is -2.06. The lowest BCUT2D eigenvalue weighted by Crippen LogP contribution is -2.08. The second-order valence-electron chi connectivity index (χ2n) is 9.00. The third-order valence-corrected chi connectivity index (χ3v) is 6.91. The minimum absolute atomic E-state index is 0.263. The van der Waals surface area contributed by atoms with Crippen LogP contribution in [0.2, 0.25) is 0 Å². The van der Waals surface area contributed by atoms with Crippen LogP contribution in [-0.4, -0.2) is 18.3 Å². The second kappa shape index (κ2) is 16.2. The SMILES string of the molecule is Cc1ccc(COS(=O)Oc2ccc(C)cc2)cc1.Cc1ccc(OS(=O)OCc2c([N+](=O)[O-])cccc2[N+](=O)[O-])cc1. The molecule has 0 aliphatic heterocycles. The monoisotopic (exact) mass is 628 g/mol.